The Morgan fingerprint density at radius 2 is 1.80 bits per heavy atom. The van der Waals surface area contributed by atoms with Crippen molar-refractivity contribution in [1.82, 2.24) is 19.6 Å². The first kappa shape index (κ1) is 20.4. The van der Waals surface area contributed by atoms with Crippen LogP contribution in [0, 0.1) is 0 Å². The van der Waals surface area contributed by atoms with Crippen LogP contribution in [0.1, 0.15) is 50.3 Å². The summed E-state index contributed by atoms with van der Waals surface area (Å²) in [5.41, 5.74) is 1.28. The van der Waals surface area contributed by atoms with E-state index in [1.165, 1.54) is 0 Å². The van der Waals surface area contributed by atoms with E-state index in [1.807, 2.05) is 18.5 Å². The standard InChI is InChI=1S/C15H23ClN4O2S.C2H6/c1-11(2)19-4-3-5-20-12(10-19)13(16)14(17-20)15(21)18-6-8-23(22)9-7-18;1-2/h11H,3-10H2,1-2H3;1-2H3. The molecular weight excluding hydrogens is 360 g/mol. The number of hydrogen-bond acceptors (Lipinski definition) is 4. The summed E-state index contributed by atoms with van der Waals surface area (Å²) >= 11 is 6.51. The third-order valence-electron chi connectivity index (χ3n) is 4.56. The number of halogens is 1. The first-order valence-corrected chi connectivity index (χ1v) is 11.0. The second-order valence-electron chi connectivity index (χ2n) is 6.39. The Morgan fingerprint density at radius 1 is 1.16 bits per heavy atom. The minimum absolute atomic E-state index is 0.136. The van der Waals surface area contributed by atoms with E-state index in [2.05, 4.69) is 23.8 Å². The summed E-state index contributed by atoms with van der Waals surface area (Å²) in [6.07, 6.45) is 1.000. The normalized spacial score (nSPS) is 19.2. The van der Waals surface area contributed by atoms with Crippen LogP contribution in [0.5, 0.6) is 0 Å². The molecule has 0 bridgehead atoms. The van der Waals surface area contributed by atoms with Gasteiger partial charge in [0.2, 0.25) is 0 Å². The quantitative estimate of drug-likeness (QED) is 0.780. The van der Waals surface area contributed by atoms with Crippen molar-refractivity contribution in [3.05, 3.63) is 16.4 Å². The lowest BCUT2D eigenvalue weighted by Gasteiger charge is -2.26. The smallest absolute Gasteiger partial charge is 0.275 e. The van der Waals surface area contributed by atoms with Gasteiger partial charge in [-0.15, -0.1) is 0 Å². The molecule has 0 radical (unpaired) electrons. The van der Waals surface area contributed by atoms with Crippen LogP contribution in [0.3, 0.4) is 0 Å². The minimum Gasteiger partial charge on any atom is -0.335 e. The van der Waals surface area contributed by atoms with Crippen molar-refractivity contribution in [3.8, 4) is 0 Å². The van der Waals surface area contributed by atoms with Crippen LogP contribution in [0.2, 0.25) is 5.02 Å². The Hall–Kier alpha value is -0.920. The Bertz CT molecular complexity index is 622. The summed E-state index contributed by atoms with van der Waals surface area (Å²) in [5.74, 6) is 0.944. The first-order chi connectivity index (χ1) is 12.0. The molecule has 8 heteroatoms. The molecule has 0 aromatic carbocycles. The van der Waals surface area contributed by atoms with Gasteiger partial charge in [-0.05, 0) is 20.3 Å². The number of rotatable bonds is 2. The van der Waals surface area contributed by atoms with Gasteiger partial charge < -0.3 is 4.90 Å². The molecule has 0 spiro atoms. The first-order valence-electron chi connectivity index (χ1n) is 9.11. The zero-order valence-electron chi connectivity index (χ0n) is 15.6. The molecule has 0 saturated carbocycles. The number of carbonyl (C=O) groups excluding carboxylic acids is 1. The van der Waals surface area contributed by atoms with Crippen LogP contribution in [0.4, 0.5) is 0 Å². The van der Waals surface area contributed by atoms with E-state index < -0.39 is 10.8 Å². The molecule has 6 nitrogen and oxygen atoms in total. The fraction of sp³-hybridized carbons (Fsp3) is 0.765. The van der Waals surface area contributed by atoms with Crippen molar-refractivity contribution in [2.24, 2.45) is 0 Å². The van der Waals surface area contributed by atoms with Crippen molar-refractivity contribution in [2.45, 2.75) is 53.2 Å². The van der Waals surface area contributed by atoms with Gasteiger partial charge in [0.15, 0.2) is 5.69 Å². The third kappa shape index (κ3) is 4.63. The number of aromatic nitrogens is 2. The summed E-state index contributed by atoms with van der Waals surface area (Å²) in [6, 6.07) is 0.434. The molecule has 0 atom stereocenters. The van der Waals surface area contributed by atoms with Crippen LogP contribution in [-0.2, 0) is 23.9 Å². The van der Waals surface area contributed by atoms with Gasteiger partial charge in [-0.1, -0.05) is 25.4 Å². The molecule has 1 aromatic heterocycles. The molecule has 3 heterocycles. The maximum absolute atomic E-state index is 12.7. The fourth-order valence-corrected chi connectivity index (χ4v) is 4.40. The topological polar surface area (TPSA) is 58.4 Å². The molecule has 0 aliphatic carbocycles. The second kappa shape index (κ2) is 9.14. The highest BCUT2D eigenvalue weighted by Crippen LogP contribution is 2.27. The van der Waals surface area contributed by atoms with Crippen LogP contribution in [-0.4, -0.2) is 66.9 Å². The SMILES string of the molecule is CC.CC(C)N1CCCn2nc(C(=O)N3CCS(=O)CC3)c(Cl)c2C1. The van der Waals surface area contributed by atoms with Crippen molar-refractivity contribution in [3.63, 3.8) is 0 Å². The predicted octanol–water partition coefficient (Wildman–Crippen LogP) is 2.38. The van der Waals surface area contributed by atoms with Gasteiger partial charge in [-0.3, -0.25) is 18.6 Å². The average Bonchev–Trinajstić information content (AvgIpc) is 2.79. The van der Waals surface area contributed by atoms with Crippen molar-refractivity contribution >= 4 is 28.3 Å². The summed E-state index contributed by atoms with van der Waals surface area (Å²) in [7, 11) is -0.803. The van der Waals surface area contributed by atoms with E-state index in [0.717, 1.165) is 31.7 Å². The molecular formula is C17H29ClN4O2S. The molecule has 0 N–H and O–H groups in total. The molecule has 1 aromatic rings. The Labute approximate surface area is 158 Å². The second-order valence-corrected chi connectivity index (χ2v) is 8.46. The van der Waals surface area contributed by atoms with E-state index >= 15 is 0 Å². The van der Waals surface area contributed by atoms with Gasteiger partial charge in [0, 0.05) is 61.1 Å². The predicted molar refractivity (Wildman–Crippen MR) is 103 cm³/mol. The fourth-order valence-electron chi connectivity index (χ4n) is 3.07. The average molecular weight is 389 g/mol. The highest BCUT2D eigenvalue weighted by Gasteiger charge is 2.29. The Balaban J connectivity index is 0.00000109. The van der Waals surface area contributed by atoms with Gasteiger partial charge in [-0.25, -0.2) is 0 Å². The van der Waals surface area contributed by atoms with E-state index in [1.54, 1.807) is 4.90 Å². The molecule has 1 saturated heterocycles. The van der Waals surface area contributed by atoms with Gasteiger partial charge >= 0.3 is 0 Å². The van der Waals surface area contributed by atoms with E-state index in [9.17, 15) is 9.00 Å². The summed E-state index contributed by atoms with van der Waals surface area (Å²) in [4.78, 5) is 16.8. The van der Waals surface area contributed by atoms with Gasteiger partial charge in [0.1, 0.15) is 0 Å². The highest BCUT2D eigenvalue weighted by molar-refractivity contribution is 7.85. The number of carbonyl (C=O) groups is 1. The zero-order valence-corrected chi connectivity index (χ0v) is 17.2. The van der Waals surface area contributed by atoms with E-state index in [-0.39, 0.29) is 5.91 Å². The van der Waals surface area contributed by atoms with Crippen LogP contribution < -0.4 is 0 Å². The van der Waals surface area contributed by atoms with Crippen LogP contribution in [0.15, 0.2) is 0 Å². The molecule has 2 aliphatic rings. The number of nitrogens with zero attached hydrogens (tertiary/aromatic N) is 4. The molecule has 3 rings (SSSR count). The number of aryl methyl sites for hydroxylation is 1. The molecule has 1 fully saturated rings. The lowest BCUT2D eigenvalue weighted by Crippen LogP contribution is -2.42. The zero-order chi connectivity index (χ0) is 18.6. The Kier molecular flexibility index (Phi) is 7.46. The monoisotopic (exact) mass is 388 g/mol. The van der Waals surface area contributed by atoms with Gasteiger partial charge in [-0.2, -0.15) is 5.10 Å². The number of fused-ring (bicyclic) bond motifs is 1. The van der Waals surface area contributed by atoms with Crippen molar-refractivity contribution < 1.29 is 9.00 Å². The van der Waals surface area contributed by atoms with Crippen molar-refractivity contribution in [2.75, 3.05) is 31.1 Å². The van der Waals surface area contributed by atoms with E-state index in [4.69, 9.17) is 11.6 Å². The molecule has 1 amide bonds. The molecule has 2 aliphatic heterocycles. The molecule has 25 heavy (non-hydrogen) atoms. The Morgan fingerprint density at radius 3 is 2.40 bits per heavy atom. The lowest BCUT2D eigenvalue weighted by atomic mass is 10.2. The van der Waals surface area contributed by atoms with E-state index in [0.29, 0.717) is 41.4 Å². The largest absolute Gasteiger partial charge is 0.335 e. The number of hydrogen-bond donors (Lipinski definition) is 0. The minimum atomic E-state index is -0.803. The number of amides is 1. The maximum atomic E-state index is 12.7. The third-order valence-corrected chi connectivity index (χ3v) is 6.23. The molecule has 0 unspecified atom stereocenters. The summed E-state index contributed by atoms with van der Waals surface area (Å²) in [5, 5.41) is 4.97. The maximum Gasteiger partial charge on any atom is 0.275 e. The lowest BCUT2D eigenvalue weighted by molar-refractivity contribution is 0.0764. The summed E-state index contributed by atoms with van der Waals surface area (Å²) in [6.45, 7) is 11.9. The highest BCUT2D eigenvalue weighted by atomic mass is 35.5. The van der Waals surface area contributed by atoms with Gasteiger partial charge in [0.05, 0.1) is 10.7 Å². The van der Waals surface area contributed by atoms with Crippen LogP contribution >= 0.6 is 11.6 Å². The van der Waals surface area contributed by atoms with Crippen LogP contribution in [0.25, 0.3) is 0 Å². The van der Waals surface area contributed by atoms with Crippen molar-refractivity contribution in [1.29, 1.82) is 0 Å². The van der Waals surface area contributed by atoms with Gasteiger partial charge in [0.25, 0.3) is 5.91 Å². The summed E-state index contributed by atoms with van der Waals surface area (Å²) < 4.78 is 13.3. The molecule has 142 valence electrons.